The second kappa shape index (κ2) is 1.73. The van der Waals surface area contributed by atoms with Gasteiger partial charge in [0.25, 0.3) is 0 Å². The van der Waals surface area contributed by atoms with Gasteiger partial charge in [-0.25, -0.2) is 0 Å². The van der Waals surface area contributed by atoms with Gasteiger partial charge in [0.15, 0.2) is 0 Å². The highest BCUT2D eigenvalue weighted by Crippen LogP contribution is 2.47. The molecule has 8 heavy (non-hydrogen) atoms. The van der Waals surface area contributed by atoms with Crippen LogP contribution in [-0.2, 0) is 0 Å². The summed E-state index contributed by atoms with van der Waals surface area (Å²) >= 11 is 3.70. The molecule has 0 amide bonds. The van der Waals surface area contributed by atoms with Gasteiger partial charge in [-0.2, -0.15) is 0 Å². The van der Waals surface area contributed by atoms with Gasteiger partial charge >= 0.3 is 0 Å². The molecule has 0 aromatic heterocycles. The van der Waals surface area contributed by atoms with Crippen molar-refractivity contribution in [2.24, 2.45) is 11.8 Å². The van der Waals surface area contributed by atoms with Crippen LogP contribution in [0.5, 0.6) is 0 Å². The van der Waals surface area contributed by atoms with Gasteiger partial charge in [-0.05, 0) is 31.1 Å². The van der Waals surface area contributed by atoms with Crippen molar-refractivity contribution in [3.05, 3.63) is 0 Å². The first-order valence-electron chi connectivity index (χ1n) is 3.50. The van der Waals surface area contributed by atoms with Crippen molar-refractivity contribution in [2.45, 2.75) is 30.5 Å². The third-order valence-corrected chi connectivity index (χ3v) is 3.77. The first-order valence-corrected chi connectivity index (χ1v) is 4.42. The average molecular weight is 175 g/mol. The molecule has 2 bridgehead atoms. The van der Waals surface area contributed by atoms with Crippen molar-refractivity contribution in [1.82, 2.24) is 0 Å². The molecule has 0 saturated heterocycles. The molecule has 0 unspecified atom stereocenters. The number of halogens is 1. The van der Waals surface area contributed by atoms with E-state index < -0.39 is 0 Å². The van der Waals surface area contributed by atoms with Gasteiger partial charge in [0, 0.05) is 4.83 Å². The zero-order valence-corrected chi connectivity index (χ0v) is 6.52. The topological polar surface area (TPSA) is 0 Å². The van der Waals surface area contributed by atoms with Crippen molar-refractivity contribution < 1.29 is 0 Å². The van der Waals surface area contributed by atoms with Gasteiger partial charge in [-0.3, -0.25) is 0 Å². The average Bonchev–Trinajstić information content (AvgIpc) is 2.23. The van der Waals surface area contributed by atoms with Crippen molar-refractivity contribution >= 4 is 15.9 Å². The number of rotatable bonds is 0. The summed E-state index contributed by atoms with van der Waals surface area (Å²) in [5.74, 6) is 2.16. The molecule has 0 aromatic rings. The molecule has 0 radical (unpaired) electrons. The lowest BCUT2D eigenvalue weighted by molar-refractivity contribution is 0.497. The fourth-order valence-corrected chi connectivity index (χ4v) is 3.18. The Hall–Kier alpha value is 0.480. The highest BCUT2D eigenvalue weighted by Gasteiger charge is 2.37. The van der Waals surface area contributed by atoms with E-state index in [0.29, 0.717) is 0 Å². The van der Waals surface area contributed by atoms with Crippen molar-refractivity contribution in [3.63, 3.8) is 0 Å². The van der Waals surface area contributed by atoms with Gasteiger partial charge < -0.3 is 0 Å². The molecule has 0 aromatic carbocycles. The molecule has 46 valence electrons. The maximum Gasteiger partial charge on any atom is 0.0176 e. The minimum absolute atomic E-state index is 0.890. The molecule has 2 fully saturated rings. The van der Waals surface area contributed by atoms with Crippen LogP contribution < -0.4 is 0 Å². The van der Waals surface area contributed by atoms with Crippen LogP contribution in [0.1, 0.15) is 25.7 Å². The fraction of sp³-hybridized carbons (Fsp3) is 1.00. The Kier molecular flexibility index (Phi) is 1.14. The van der Waals surface area contributed by atoms with Crippen LogP contribution in [0.2, 0.25) is 0 Å². The monoisotopic (exact) mass is 174 g/mol. The van der Waals surface area contributed by atoms with E-state index in [9.17, 15) is 0 Å². The minimum Gasteiger partial charge on any atom is -0.0888 e. The molecule has 0 heterocycles. The predicted molar refractivity (Wildman–Crippen MR) is 38.2 cm³/mol. The van der Waals surface area contributed by atoms with E-state index in [1.54, 1.807) is 0 Å². The number of alkyl halides is 1. The second-order valence-electron chi connectivity index (χ2n) is 3.19. The summed E-state index contributed by atoms with van der Waals surface area (Å²) in [6, 6.07) is 0. The van der Waals surface area contributed by atoms with Crippen LogP contribution in [0.4, 0.5) is 0 Å². The maximum atomic E-state index is 3.70. The zero-order chi connectivity index (χ0) is 5.56. The van der Waals surface area contributed by atoms with E-state index in [1.807, 2.05) is 0 Å². The molecule has 0 aliphatic heterocycles. The first kappa shape index (κ1) is 5.28. The lowest BCUT2D eigenvalue weighted by Gasteiger charge is -2.13. The van der Waals surface area contributed by atoms with E-state index in [2.05, 4.69) is 15.9 Å². The molecule has 0 N–H and O–H groups in total. The smallest absolute Gasteiger partial charge is 0.0176 e. The third-order valence-electron chi connectivity index (χ3n) is 2.65. The molecule has 2 aliphatic carbocycles. The Morgan fingerprint density at radius 1 is 1.12 bits per heavy atom. The van der Waals surface area contributed by atoms with Crippen LogP contribution in [0.3, 0.4) is 0 Å². The largest absolute Gasteiger partial charge is 0.0888 e. The minimum atomic E-state index is 0.890. The molecule has 2 rings (SSSR count). The van der Waals surface area contributed by atoms with Gasteiger partial charge in [0.2, 0.25) is 0 Å². The molecule has 0 spiro atoms. The van der Waals surface area contributed by atoms with Gasteiger partial charge in [0.1, 0.15) is 0 Å². The lowest BCUT2D eigenvalue weighted by atomic mass is 10.0. The van der Waals surface area contributed by atoms with Crippen LogP contribution in [0.15, 0.2) is 0 Å². The molecule has 2 aliphatic rings. The van der Waals surface area contributed by atoms with Gasteiger partial charge in [0.05, 0.1) is 0 Å². The SMILES string of the molecule is Br[C@H]1C[C@H]2CC[C@@H]1C2. The Morgan fingerprint density at radius 2 is 2.00 bits per heavy atom. The fourth-order valence-electron chi connectivity index (χ4n) is 2.17. The molecule has 3 atom stereocenters. The van der Waals surface area contributed by atoms with Gasteiger partial charge in [-0.1, -0.05) is 22.4 Å². The maximum absolute atomic E-state index is 3.70. The quantitative estimate of drug-likeness (QED) is 0.496. The van der Waals surface area contributed by atoms with Crippen LogP contribution in [0.25, 0.3) is 0 Å². The summed E-state index contributed by atoms with van der Waals surface area (Å²) in [6.45, 7) is 0. The molecule has 2 saturated carbocycles. The van der Waals surface area contributed by atoms with Gasteiger partial charge in [-0.15, -0.1) is 0 Å². The first-order chi connectivity index (χ1) is 3.86. The van der Waals surface area contributed by atoms with Crippen molar-refractivity contribution in [1.29, 1.82) is 0 Å². The zero-order valence-electron chi connectivity index (χ0n) is 4.94. The predicted octanol–water partition coefficient (Wildman–Crippen LogP) is 2.57. The standard InChI is InChI=1S/C7H11Br/c8-7-4-5-1-2-6(7)3-5/h5-7H,1-4H2/t5-,6+,7-/m0/s1. The lowest BCUT2D eigenvalue weighted by Crippen LogP contribution is -2.07. The Labute approximate surface area is 58.8 Å². The summed E-state index contributed by atoms with van der Waals surface area (Å²) in [7, 11) is 0. The summed E-state index contributed by atoms with van der Waals surface area (Å²) in [4.78, 5) is 0.890. The second-order valence-corrected chi connectivity index (χ2v) is 4.37. The normalized spacial score (nSPS) is 52.9. The van der Waals surface area contributed by atoms with Crippen molar-refractivity contribution in [3.8, 4) is 0 Å². The van der Waals surface area contributed by atoms with E-state index in [1.165, 1.54) is 25.7 Å². The summed E-state index contributed by atoms with van der Waals surface area (Å²) in [5, 5.41) is 0. The molecular formula is C7H11Br. The Bertz CT molecular complexity index is 98.6. The van der Waals surface area contributed by atoms with E-state index >= 15 is 0 Å². The Morgan fingerprint density at radius 3 is 2.25 bits per heavy atom. The highest BCUT2D eigenvalue weighted by molar-refractivity contribution is 9.09. The van der Waals surface area contributed by atoms with E-state index in [0.717, 1.165) is 16.7 Å². The molecule has 1 heteroatoms. The van der Waals surface area contributed by atoms with Crippen LogP contribution in [-0.4, -0.2) is 4.83 Å². The summed E-state index contributed by atoms with van der Waals surface area (Å²) < 4.78 is 0. The number of fused-ring (bicyclic) bond motifs is 2. The van der Waals surface area contributed by atoms with E-state index in [-0.39, 0.29) is 0 Å². The van der Waals surface area contributed by atoms with E-state index in [4.69, 9.17) is 0 Å². The molecular weight excluding hydrogens is 164 g/mol. The molecule has 0 nitrogen and oxygen atoms in total. The highest BCUT2D eigenvalue weighted by atomic mass is 79.9. The van der Waals surface area contributed by atoms with Crippen LogP contribution >= 0.6 is 15.9 Å². The number of hydrogen-bond acceptors (Lipinski definition) is 0. The van der Waals surface area contributed by atoms with Crippen molar-refractivity contribution in [2.75, 3.05) is 0 Å². The summed E-state index contributed by atoms with van der Waals surface area (Å²) in [5.41, 5.74) is 0. The van der Waals surface area contributed by atoms with Crippen LogP contribution in [0, 0.1) is 11.8 Å². The number of hydrogen-bond donors (Lipinski definition) is 0. The Balaban J connectivity index is 2.11. The third kappa shape index (κ3) is 0.637. The summed E-state index contributed by atoms with van der Waals surface area (Å²) in [6.07, 6.45) is 6.01.